The first-order chi connectivity index (χ1) is 9.93. The molecule has 0 aliphatic carbocycles. The first kappa shape index (κ1) is 16.1. The molecule has 21 heavy (non-hydrogen) atoms. The van der Waals surface area contributed by atoms with Crippen LogP contribution in [0.1, 0.15) is 42.0 Å². The minimum Gasteiger partial charge on any atom is -0.487 e. The van der Waals surface area contributed by atoms with E-state index in [-0.39, 0.29) is 19.0 Å². The molecule has 0 aromatic heterocycles. The Morgan fingerprint density at radius 2 is 1.90 bits per heavy atom. The fourth-order valence-electron chi connectivity index (χ4n) is 3.03. The molecule has 0 spiro atoms. The fourth-order valence-corrected chi connectivity index (χ4v) is 3.03. The van der Waals surface area contributed by atoms with E-state index in [1.165, 1.54) is 5.56 Å². The Balaban J connectivity index is 2.43. The molecule has 1 atom stereocenters. The summed E-state index contributed by atoms with van der Waals surface area (Å²) in [4.78, 5) is 0. The molecule has 0 bridgehead atoms. The van der Waals surface area contributed by atoms with Crippen molar-refractivity contribution in [3.63, 3.8) is 0 Å². The standard InChI is InChI=1S/C17H26O4/c1-11-12(2)16-14(13(3)15(11)20-10-19-5)6-7-17(4,21-16)8-9-18/h18H,6-10H2,1-5H3. The molecule has 4 heteroatoms. The number of aliphatic hydroxyl groups is 1. The average molecular weight is 294 g/mol. The Morgan fingerprint density at radius 3 is 2.52 bits per heavy atom. The molecule has 0 saturated heterocycles. The largest absolute Gasteiger partial charge is 0.487 e. The number of benzene rings is 1. The molecule has 1 N–H and O–H groups in total. The number of ether oxygens (including phenoxy) is 3. The van der Waals surface area contributed by atoms with Crippen molar-refractivity contribution in [1.29, 1.82) is 0 Å². The minimum absolute atomic E-state index is 0.151. The molecule has 0 radical (unpaired) electrons. The van der Waals surface area contributed by atoms with E-state index in [2.05, 4.69) is 27.7 Å². The summed E-state index contributed by atoms with van der Waals surface area (Å²) in [5.74, 6) is 1.87. The molecule has 2 rings (SSSR count). The van der Waals surface area contributed by atoms with Crippen LogP contribution in [0.5, 0.6) is 11.5 Å². The van der Waals surface area contributed by atoms with Gasteiger partial charge in [-0.15, -0.1) is 0 Å². The smallest absolute Gasteiger partial charge is 0.188 e. The summed E-state index contributed by atoms with van der Waals surface area (Å²) >= 11 is 0. The predicted molar refractivity (Wildman–Crippen MR) is 82.2 cm³/mol. The van der Waals surface area contributed by atoms with Crippen LogP contribution in [-0.4, -0.2) is 31.2 Å². The molecule has 0 saturated carbocycles. The van der Waals surface area contributed by atoms with Gasteiger partial charge in [-0.25, -0.2) is 0 Å². The van der Waals surface area contributed by atoms with Crippen molar-refractivity contribution in [2.45, 2.75) is 52.6 Å². The van der Waals surface area contributed by atoms with Crippen LogP contribution in [0, 0.1) is 20.8 Å². The third kappa shape index (κ3) is 3.01. The van der Waals surface area contributed by atoms with Gasteiger partial charge in [0.15, 0.2) is 6.79 Å². The summed E-state index contributed by atoms with van der Waals surface area (Å²) in [6.45, 7) is 8.67. The van der Waals surface area contributed by atoms with Crippen LogP contribution in [0.15, 0.2) is 0 Å². The number of methoxy groups -OCH3 is 1. The maximum absolute atomic E-state index is 9.24. The highest BCUT2D eigenvalue weighted by atomic mass is 16.7. The van der Waals surface area contributed by atoms with Gasteiger partial charge in [0, 0.05) is 25.7 Å². The van der Waals surface area contributed by atoms with Gasteiger partial charge < -0.3 is 19.3 Å². The molecule has 1 unspecified atom stereocenters. The van der Waals surface area contributed by atoms with Crippen LogP contribution in [0.3, 0.4) is 0 Å². The van der Waals surface area contributed by atoms with Crippen molar-refractivity contribution in [1.82, 2.24) is 0 Å². The van der Waals surface area contributed by atoms with Crippen molar-refractivity contribution in [3.05, 3.63) is 22.3 Å². The van der Waals surface area contributed by atoms with Gasteiger partial charge in [-0.05, 0) is 57.2 Å². The molecular formula is C17H26O4. The van der Waals surface area contributed by atoms with E-state index in [0.717, 1.165) is 41.0 Å². The number of hydrogen-bond donors (Lipinski definition) is 1. The number of hydrogen-bond acceptors (Lipinski definition) is 4. The van der Waals surface area contributed by atoms with Gasteiger partial charge in [-0.3, -0.25) is 0 Å². The van der Waals surface area contributed by atoms with E-state index in [1.807, 2.05) is 0 Å². The highest BCUT2D eigenvalue weighted by Crippen LogP contribution is 2.44. The van der Waals surface area contributed by atoms with E-state index in [9.17, 15) is 5.11 Å². The quantitative estimate of drug-likeness (QED) is 0.848. The lowest BCUT2D eigenvalue weighted by Crippen LogP contribution is -2.38. The van der Waals surface area contributed by atoms with Gasteiger partial charge >= 0.3 is 0 Å². The Bertz CT molecular complexity index is 524. The van der Waals surface area contributed by atoms with Crippen LogP contribution in [0.25, 0.3) is 0 Å². The number of aliphatic hydroxyl groups excluding tert-OH is 1. The van der Waals surface area contributed by atoms with Gasteiger partial charge in [0.2, 0.25) is 0 Å². The lowest BCUT2D eigenvalue weighted by molar-refractivity contribution is 0.0359. The van der Waals surface area contributed by atoms with Crippen LogP contribution in [-0.2, 0) is 11.2 Å². The second kappa shape index (κ2) is 6.24. The van der Waals surface area contributed by atoms with E-state index >= 15 is 0 Å². The normalized spacial score (nSPS) is 20.9. The third-order valence-electron chi connectivity index (χ3n) is 4.53. The maximum Gasteiger partial charge on any atom is 0.188 e. The summed E-state index contributed by atoms with van der Waals surface area (Å²) < 4.78 is 17.0. The zero-order chi connectivity index (χ0) is 15.6. The summed E-state index contributed by atoms with van der Waals surface area (Å²) in [6, 6.07) is 0. The topological polar surface area (TPSA) is 47.9 Å². The Kier molecular flexibility index (Phi) is 4.79. The van der Waals surface area contributed by atoms with E-state index < -0.39 is 0 Å². The van der Waals surface area contributed by atoms with Crippen LogP contribution in [0.4, 0.5) is 0 Å². The Labute approximate surface area is 127 Å². The van der Waals surface area contributed by atoms with E-state index in [0.29, 0.717) is 6.42 Å². The van der Waals surface area contributed by atoms with Gasteiger partial charge in [-0.1, -0.05) is 0 Å². The molecule has 1 aromatic rings. The fraction of sp³-hybridized carbons (Fsp3) is 0.647. The average Bonchev–Trinajstić information content (AvgIpc) is 2.45. The number of rotatable bonds is 5. The first-order valence-electron chi connectivity index (χ1n) is 7.47. The Hall–Kier alpha value is -1.26. The lowest BCUT2D eigenvalue weighted by Gasteiger charge is -2.38. The molecular weight excluding hydrogens is 268 g/mol. The maximum atomic E-state index is 9.24. The van der Waals surface area contributed by atoms with Crippen LogP contribution >= 0.6 is 0 Å². The van der Waals surface area contributed by atoms with Gasteiger partial charge in [0.05, 0.1) is 0 Å². The number of fused-ring (bicyclic) bond motifs is 1. The monoisotopic (exact) mass is 294 g/mol. The Morgan fingerprint density at radius 1 is 1.19 bits per heavy atom. The molecule has 1 heterocycles. The molecule has 0 amide bonds. The molecule has 1 aliphatic heterocycles. The zero-order valence-corrected chi connectivity index (χ0v) is 13.7. The summed E-state index contributed by atoms with van der Waals surface area (Å²) in [5, 5.41) is 9.24. The highest BCUT2D eigenvalue weighted by molar-refractivity contribution is 5.58. The molecule has 118 valence electrons. The van der Waals surface area contributed by atoms with Crippen molar-refractivity contribution < 1.29 is 19.3 Å². The third-order valence-corrected chi connectivity index (χ3v) is 4.53. The molecule has 4 nitrogen and oxygen atoms in total. The SMILES string of the molecule is COCOc1c(C)c(C)c2c(c1C)CCC(C)(CCO)O2. The zero-order valence-electron chi connectivity index (χ0n) is 13.7. The molecule has 1 aliphatic rings. The first-order valence-corrected chi connectivity index (χ1v) is 7.47. The summed E-state index contributed by atoms with van der Waals surface area (Å²) in [6.07, 6.45) is 2.52. The van der Waals surface area contributed by atoms with Gasteiger partial charge in [0.25, 0.3) is 0 Å². The van der Waals surface area contributed by atoms with Gasteiger partial charge in [-0.2, -0.15) is 0 Å². The van der Waals surface area contributed by atoms with E-state index in [1.54, 1.807) is 7.11 Å². The predicted octanol–water partition coefficient (Wildman–Crippen LogP) is 3.06. The molecule has 1 aromatic carbocycles. The van der Waals surface area contributed by atoms with Crippen molar-refractivity contribution >= 4 is 0 Å². The van der Waals surface area contributed by atoms with Crippen LogP contribution in [0.2, 0.25) is 0 Å². The van der Waals surface area contributed by atoms with Crippen molar-refractivity contribution in [3.8, 4) is 11.5 Å². The highest BCUT2D eigenvalue weighted by Gasteiger charge is 2.34. The summed E-state index contributed by atoms with van der Waals surface area (Å²) in [7, 11) is 1.62. The van der Waals surface area contributed by atoms with Gasteiger partial charge in [0.1, 0.15) is 17.1 Å². The van der Waals surface area contributed by atoms with Crippen LogP contribution < -0.4 is 9.47 Å². The second-order valence-corrected chi connectivity index (χ2v) is 6.09. The van der Waals surface area contributed by atoms with E-state index in [4.69, 9.17) is 14.2 Å². The minimum atomic E-state index is -0.277. The second-order valence-electron chi connectivity index (χ2n) is 6.09. The summed E-state index contributed by atoms with van der Waals surface area (Å²) in [5.41, 5.74) is 4.29. The molecule has 0 fully saturated rings. The van der Waals surface area contributed by atoms with Crippen molar-refractivity contribution in [2.75, 3.05) is 20.5 Å². The van der Waals surface area contributed by atoms with Crippen molar-refractivity contribution in [2.24, 2.45) is 0 Å². The lowest BCUT2D eigenvalue weighted by atomic mass is 9.86.